The standard InChI is InChI=1S/C7H14O.C6H5BrN4O/c1-8-7-5-3-2-4-6-7;7-3-1-8-5-6(10-3)11-4(12)2-9-5/h7H,2-6H2,1H3;1H,2H2,(H,8,9)(H,10,11,12). The molecule has 1 fully saturated rings. The number of nitrogens with zero attached hydrogens (tertiary/aromatic N) is 2. The smallest absolute Gasteiger partial charge is 0.244 e. The SMILES string of the molecule is COC1CCCCC1.O=C1CNc2ncc(Br)nc2N1. The molecule has 1 aromatic heterocycles. The first-order chi connectivity index (χ1) is 9.69. The lowest BCUT2D eigenvalue weighted by Gasteiger charge is -2.19. The highest BCUT2D eigenvalue weighted by atomic mass is 79.9. The highest BCUT2D eigenvalue weighted by molar-refractivity contribution is 9.10. The van der Waals surface area contributed by atoms with Crippen molar-refractivity contribution in [1.29, 1.82) is 0 Å². The first kappa shape index (κ1) is 15.2. The van der Waals surface area contributed by atoms with Gasteiger partial charge in [-0.2, -0.15) is 0 Å². The van der Waals surface area contributed by atoms with Gasteiger partial charge in [-0.15, -0.1) is 0 Å². The number of halogens is 1. The summed E-state index contributed by atoms with van der Waals surface area (Å²) in [5.41, 5.74) is 0. The number of ether oxygens (including phenoxy) is 1. The first-order valence-corrected chi connectivity index (χ1v) is 7.57. The van der Waals surface area contributed by atoms with Crippen LogP contribution in [0.2, 0.25) is 0 Å². The summed E-state index contributed by atoms with van der Waals surface area (Å²) >= 11 is 3.16. The van der Waals surface area contributed by atoms with Crippen LogP contribution in [0.1, 0.15) is 32.1 Å². The van der Waals surface area contributed by atoms with Gasteiger partial charge in [-0.25, -0.2) is 9.97 Å². The van der Waals surface area contributed by atoms with Gasteiger partial charge < -0.3 is 15.4 Å². The van der Waals surface area contributed by atoms with Crippen molar-refractivity contribution in [3.63, 3.8) is 0 Å². The minimum absolute atomic E-state index is 0.102. The quantitative estimate of drug-likeness (QED) is 0.820. The minimum Gasteiger partial charge on any atom is -0.381 e. The molecule has 1 aliphatic heterocycles. The Morgan fingerprint density at radius 3 is 2.70 bits per heavy atom. The van der Waals surface area contributed by atoms with Crippen molar-refractivity contribution >= 4 is 33.5 Å². The maximum atomic E-state index is 10.9. The fraction of sp³-hybridized carbons (Fsp3) is 0.615. The predicted octanol–water partition coefficient (Wildman–Crippen LogP) is 2.57. The molecule has 0 spiro atoms. The maximum Gasteiger partial charge on any atom is 0.244 e. The fourth-order valence-corrected chi connectivity index (χ4v) is 2.50. The molecule has 0 bridgehead atoms. The molecule has 1 saturated carbocycles. The van der Waals surface area contributed by atoms with E-state index in [1.165, 1.54) is 32.1 Å². The van der Waals surface area contributed by atoms with Crippen molar-refractivity contribution in [1.82, 2.24) is 9.97 Å². The summed E-state index contributed by atoms with van der Waals surface area (Å²) in [5.74, 6) is 0.980. The third-order valence-electron chi connectivity index (χ3n) is 3.30. The van der Waals surface area contributed by atoms with Crippen LogP contribution in [0.15, 0.2) is 10.8 Å². The van der Waals surface area contributed by atoms with E-state index in [2.05, 4.69) is 36.5 Å². The average Bonchev–Trinajstić information content (AvgIpc) is 2.48. The lowest BCUT2D eigenvalue weighted by Crippen LogP contribution is -2.28. The number of amides is 1. The topological polar surface area (TPSA) is 76.1 Å². The monoisotopic (exact) mass is 342 g/mol. The minimum atomic E-state index is -0.102. The second-order valence-corrected chi connectivity index (χ2v) is 5.60. The summed E-state index contributed by atoms with van der Waals surface area (Å²) < 4.78 is 5.79. The zero-order chi connectivity index (χ0) is 14.4. The summed E-state index contributed by atoms with van der Waals surface area (Å²) in [4.78, 5) is 18.9. The van der Waals surface area contributed by atoms with E-state index >= 15 is 0 Å². The van der Waals surface area contributed by atoms with Crippen LogP contribution in [0.25, 0.3) is 0 Å². The summed E-state index contributed by atoms with van der Waals surface area (Å²) in [5, 5.41) is 5.43. The third kappa shape index (κ3) is 4.42. The molecule has 7 heteroatoms. The van der Waals surface area contributed by atoms with Gasteiger partial charge in [0.1, 0.15) is 4.60 Å². The molecule has 1 aliphatic carbocycles. The highest BCUT2D eigenvalue weighted by Gasteiger charge is 2.15. The number of methoxy groups -OCH3 is 1. The summed E-state index contributed by atoms with van der Waals surface area (Å²) in [6.07, 6.45) is 8.90. The Labute approximate surface area is 126 Å². The summed E-state index contributed by atoms with van der Waals surface area (Å²) in [6, 6.07) is 0. The lowest BCUT2D eigenvalue weighted by molar-refractivity contribution is -0.114. The van der Waals surface area contributed by atoms with Crippen LogP contribution in [-0.2, 0) is 9.53 Å². The summed E-state index contributed by atoms with van der Waals surface area (Å²) in [7, 11) is 1.82. The van der Waals surface area contributed by atoms with E-state index in [0.717, 1.165) is 0 Å². The van der Waals surface area contributed by atoms with Gasteiger partial charge in [0, 0.05) is 7.11 Å². The van der Waals surface area contributed by atoms with Gasteiger partial charge in [0.25, 0.3) is 0 Å². The number of anilines is 2. The Kier molecular flexibility index (Phi) is 5.72. The van der Waals surface area contributed by atoms with Crippen LogP contribution in [0.4, 0.5) is 11.6 Å². The fourth-order valence-electron chi connectivity index (χ4n) is 2.23. The van der Waals surface area contributed by atoms with Gasteiger partial charge in [-0.05, 0) is 28.8 Å². The number of fused-ring (bicyclic) bond motifs is 1. The van der Waals surface area contributed by atoms with Gasteiger partial charge in [0.15, 0.2) is 11.6 Å². The van der Waals surface area contributed by atoms with Gasteiger partial charge in [0.2, 0.25) is 5.91 Å². The highest BCUT2D eigenvalue weighted by Crippen LogP contribution is 2.21. The van der Waals surface area contributed by atoms with Crippen LogP contribution in [0.3, 0.4) is 0 Å². The van der Waals surface area contributed by atoms with Crippen molar-refractivity contribution < 1.29 is 9.53 Å². The second kappa shape index (κ2) is 7.54. The van der Waals surface area contributed by atoms with Crippen LogP contribution in [0, 0.1) is 0 Å². The van der Waals surface area contributed by atoms with Gasteiger partial charge >= 0.3 is 0 Å². The zero-order valence-electron chi connectivity index (χ0n) is 11.5. The van der Waals surface area contributed by atoms with Crippen LogP contribution < -0.4 is 10.6 Å². The van der Waals surface area contributed by atoms with E-state index < -0.39 is 0 Å². The van der Waals surface area contributed by atoms with Gasteiger partial charge in [-0.1, -0.05) is 19.3 Å². The molecular weight excluding hydrogens is 324 g/mol. The number of hydrogen-bond acceptors (Lipinski definition) is 5. The van der Waals surface area contributed by atoms with Gasteiger partial charge in [-0.3, -0.25) is 4.79 Å². The van der Waals surface area contributed by atoms with E-state index in [9.17, 15) is 4.79 Å². The lowest BCUT2D eigenvalue weighted by atomic mass is 9.98. The molecule has 110 valence electrons. The third-order valence-corrected chi connectivity index (χ3v) is 3.68. The van der Waals surface area contributed by atoms with E-state index in [1.807, 2.05) is 7.11 Å². The van der Waals surface area contributed by atoms with E-state index in [0.29, 0.717) is 22.3 Å². The molecule has 2 N–H and O–H groups in total. The number of aromatic nitrogens is 2. The van der Waals surface area contributed by atoms with Crippen molar-refractivity contribution in [3.8, 4) is 0 Å². The molecule has 1 amide bonds. The maximum absolute atomic E-state index is 10.9. The molecule has 0 unspecified atom stereocenters. The molecule has 1 aromatic rings. The predicted molar refractivity (Wildman–Crippen MR) is 80.7 cm³/mol. The molecule has 2 aliphatic rings. The Balaban J connectivity index is 0.000000160. The normalized spacial score (nSPS) is 18.2. The zero-order valence-corrected chi connectivity index (χ0v) is 13.1. The number of rotatable bonds is 1. The van der Waals surface area contributed by atoms with Gasteiger partial charge in [0.05, 0.1) is 18.8 Å². The number of carbonyl (C=O) groups excluding carboxylic acids is 1. The second-order valence-electron chi connectivity index (χ2n) is 4.79. The summed E-state index contributed by atoms with van der Waals surface area (Å²) in [6.45, 7) is 0.253. The molecule has 0 saturated heterocycles. The molecule has 0 atom stereocenters. The van der Waals surface area contributed by atoms with E-state index in [4.69, 9.17) is 4.74 Å². The molecule has 20 heavy (non-hydrogen) atoms. The Morgan fingerprint density at radius 2 is 2.05 bits per heavy atom. The molecule has 0 radical (unpaired) electrons. The first-order valence-electron chi connectivity index (χ1n) is 6.78. The van der Waals surface area contributed by atoms with E-state index in [-0.39, 0.29) is 12.5 Å². The molecule has 6 nitrogen and oxygen atoms in total. The molecule has 3 rings (SSSR count). The van der Waals surface area contributed by atoms with Crippen LogP contribution >= 0.6 is 15.9 Å². The van der Waals surface area contributed by atoms with Crippen molar-refractivity contribution in [3.05, 3.63) is 10.8 Å². The van der Waals surface area contributed by atoms with Crippen molar-refractivity contribution in [2.45, 2.75) is 38.2 Å². The molecule has 0 aromatic carbocycles. The Morgan fingerprint density at radius 1 is 1.30 bits per heavy atom. The van der Waals surface area contributed by atoms with Crippen LogP contribution in [0.5, 0.6) is 0 Å². The average molecular weight is 343 g/mol. The molecular formula is C13H19BrN4O2. The largest absolute Gasteiger partial charge is 0.381 e. The van der Waals surface area contributed by atoms with Crippen molar-refractivity contribution in [2.24, 2.45) is 0 Å². The number of nitrogens with one attached hydrogen (secondary N) is 2. The van der Waals surface area contributed by atoms with E-state index in [1.54, 1.807) is 6.20 Å². The Bertz CT molecular complexity index is 464. The Hall–Kier alpha value is -1.21. The van der Waals surface area contributed by atoms with Crippen LogP contribution in [-0.4, -0.2) is 35.6 Å². The van der Waals surface area contributed by atoms with Crippen molar-refractivity contribution in [2.75, 3.05) is 24.3 Å². The number of carbonyl (C=O) groups is 1. The number of hydrogen-bond donors (Lipinski definition) is 2. The molecule has 2 heterocycles.